The molecule has 0 saturated carbocycles. The van der Waals surface area contributed by atoms with Gasteiger partial charge in [0.2, 0.25) is 6.79 Å². The first-order valence-corrected chi connectivity index (χ1v) is 7.36. The topological polar surface area (TPSA) is 64.6 Å². The Hall–Kier alpha value is -2.34. The van der Waals surface area contributed by atoms with Gasteiger partial charge in [-0.3, -0.25) is 9.59 Å². The Bertz CT molecular complexity index is 773. The molecule has 0 aliphatic carbocycles. The smallest absolute Gasteiger partial charge is 0.256 e. The zero-order valence-corrected chi connectivity index (χ0v) is 13.3. The van der Waals surface area contributed by atoms with Crippen LogP contribution in [-0.4, -0.2) is 18.5 Å². The van der Waals surface area contributed by atoms with Crippen LogP contribution >= 0.6 is 15.9 Å². The third kappa shape index (κ3) is 2.69. The van der Waals surface area contributed by atoms with Crippen LogP contribution in [0.4, 0.5) is 5.69 Å². The first kappa shape index (κ1) is 14.6. The summed E-state index contributed by atoms with van der Waals surface area (Å²) < 4.78 is 11.2. The van der Waals surface area contributed by atoms with Crippen molar-refractivity contribution in [2.45, 2.75) is 6.92 Å². The fourth-order valence-corrected chi connectivity index (χ4v) is 2.64. The first-order valence-electron chi connectivity index (χ1n) is 6.56. The number of nitrogens with one attached hydrogen (secondary N) is 1. The van der Waals surface area contributed by atoms with Crippen molar-refractivity contribution in [3.63, 3.8) is 0 Å². The molecule has 5 nitrogen and oxygen atoms in total. The molecule has 6 heteroatoms. The lowest BCUT2D eigenvalue weighted by Crippen LogP contribution is -2.14. The Morgan fingerprint density at radius 1 is 1.09 bits per heavy atom. The van der Waals surface area contributed by atoms with Crippen LogP contribution in [0.5, 0.6) is 11.5 Å². The second-order valence-electron chi connectivity index (χ2n) is 4.74. The van der Waals surface area contributed by atoms with Crippen LogP contribution in [0.25, 0.3) is 0 Å². The average Bonchev–Trinajstić information content (AvgIpc) is 2.93. The predicted molar refractivity (Wildman–Crippen MR) is 84.7 cm³/mol. The fraction of sp³-hybridized carbons (Fsp3) is 0.125. The van der Waals surface area contributed by atoms with Crippen molar-refractivity contribution in [1.82, 2.24) is 0 Å². The third-order valence-electron chi connectivity index (χ3n) is 3.26. The van der Waals surface area contributed by atoms with E-state index < -0.39 is 0 Å². The maximum Gasteiger partial charge on any atom is 0.256 e. The largest absolute Gasteiger partial charge is 0.454 e. The van der Waals surface area contributed by atoms with Crippen LogP contribution in [0.15, 0.2) is 40.9 Å². The number of ether oxygens (including phenoxy) is 2. The summed E-state index contributed by atoms with van der Waals surface area (Å²) in [5.41, 5.74) is 1.26. The molecule has 0 radical (unpaired) electrons. The molecular formula is C16H12BrNO4. The van der Waals surface area contributed by atoms with Gasteiger partial charge in [-0.1, -0.05) is 12.1 Å². The lowest BCUT2D eigenvalue weighted by molar-refractivity contribution is 0.101. The second-order valence-corrected chi connectivity index (χ2v) is 5.60. The number of hydrogen-bond donors (Lipinski definition) is 1. The van der Waals surface area contributed by atoms with Crippen molar-refractivity contribution >= 4 is 33.3 Å². The van der Waals surface area contributed by atoms with Gasteiger partial charge in [-0.25, -0.2) is 0 Å². The van der Waals surface area contributed by atoms with Crippen LogP contribution < -0.4 is 14.8 Å². The van der Waals surface area contributed by atoms with E-state index in [4.69, 9.17) is 9.47 Å². The highest BCUT2D eigenvalue weighted by Crippen LogP contribution is 2.37. The van der Waals surface area contributed by atoms with E-state index in [0.29, 0.717) is 32.8 Å². The third-order valence-corrected chi connectivity index (χ3v) is 3.95. The SMILES string of the molecule is CC(=O)c1cc2c(cc1NC(=O)c1ccccc1Br)OCO2. The maximum atomic E-state index is 12.4. The van der Waals surface area contributed by atoms with Crippen molar-refractivity contribution in [3.05, 3.63) is 52.0 Å². The molecule has 0 bridgehead atoms. The monoisotopic (exact) mass is 361 g/mol. The molecule has 2 aromatic rings. The molecule has 0 saturated heterocycles. The Labute approximate surface area is 135 Å². The molecule has 1 aliphatic heterocycles. The molecule has 1 aliphatic rings. The highest BCUT2D eigenvalue weighted by Gasteiger charge is 2.21. The van der Waals surface area contributed by atoms with E-state index in [-0.39, 0.29) is 18.5 Å². The molecule has 112 valence electrons. The van der Waals surface area contributed by atoms with Gasteiger partial charge in [0, 0.05) is 16.1 Å². The van der Waals surface area contributed by atoms with Gasteiger partial charge in [0.1, 0.15) is 0 Å². The lowest BCUT2D eigenvalue weighted by Gasteiger charge is -2.11. The number of rotatable bonds is 3. The van der Waals surface area contributed by atoms with Crippen LogP contribution in [0, 0.1) is 0 Å². The van der Waals surface area contributed by atoms with Crippen molar-refractivity contribution in [3.8, 4) is 11.5 Å². The molecule has 0 unspecified atom stereocenters. The molecule has 1 heterocycles. The maximum absolute atomic E-state index is 12.4. The van der Waals surface area contributed by atoms with E-state index in [1.165, 1.54) is 6.92 Å². The number of Topliss-reactive ketones (excluding diaryl/α,β-unsaturated/α-hetero) is 1. The minimum absolute atomic E-state index is 0.105. The summed E-state index contributed by atoms with van der Waals surface area (Å²) in [5, 5.41) is 2.75. The molecule has 22 heavy (non-hydrogen) atoms. The van der Waals surface area contributed by atoms with Gasteiger partial charge in [-0.15, -0.1) is 0 Å². The number of amides is 1. The number of benzene rings is 2. The Balaban J connectivity index is 1.97. The summed E-state index contributed by atoms with van der Waals surface area (Å²) in [6.07, 6.45) is 0. The summed E-state index contributed by atoms with van der Waals surface area (Å²) in [6, 6.07) is 10.3. The van der Waals surface area contributed by atoms with Crippen molar-refractivity contribution in [1.29, 1.82) is 0 Å². The van der Waals surface area contributed by atoms with Crippen LogP contribution in [-0.2, 0) is 0 Å². The van der Waals surface area contributed by atoms with Crippen molar-refractivity contribution in [2.75, 3.05) is 12.1 Å². The van der Waals surface area contributed by atoms with Crippen molar-refractivity contribution < 1.29 is 19.1 Å². The number of hydrogen-bond acceptors (Lipinski definition) is 4. The normalized spacial score (nSPS) is 12.1. The summed E-state index contributed by atoms with van der Waals surface area (Å²) in [6.45, 7) is 1.54. The Kier molecular flexibility index (Phi) is 3.85. The standard InChI is InChI=1S/C16H12BrNO4/c1-9(19)11-6-14-15(22-8-21-14)7-13(11)18-16(20)10-4-2-3-5-12(10)17/h2-7H,8H2,1H3,(H,18,20). The van der Waals surface area contributed by atoms with E-state index >= 15 is 0 Å². The van der Waals surface area contributed by atoms with Gasteiger partial charge in [0.05, 0.1) is 11.3 Å². The van der Waals surface area contributed by atoms with E-state index in [1.807, 2.05) is 6.07 Å². The zero-order chi connectivity index (χ0) is 15.7. The number of halogens is 1. The first-order chi connectivity index (χ1) is 10.6. The molecule has 2 aromatic carbocycles. The predicted octanol–water partition coefficient (Wildman–Crippen LogP) is 3.63. The molecule has 1 amide bonds. The van der Waals surface area contributed by atoms with Gasteiger partial charge in [-0.2, -0.15) is 0 Å². The van der Waals surface area contributed by atoms with Gasteiger partial charge < -0.3 is 14.8 Å². The van der Waals surface area contributed by atoms with E-state index in [0.717, 1.165) is 0 Å². The number of carbonyl (C=O) groups is 2. The quantitative estimate of drug-likeness (QED) is 0.847. The molecule has 1 N–H and O–H groups in total. The number of ketones is 1. The van der Waals surface area contributed by atoms with Gasteiger partial charge >= 0.3 is 0 Å². The number of fused-ring (bicyclic) bond motifs is 1. The van der Waals surface area contributed by atoms with Crippen LogP contribution in [0.1, 0.15) is 27.6 Å². The molecule has 0 spiro atoms. The van der Waals surface area contributed by atoms with E-state index in [1.54, 1.807) is 30.3 Å². The fourth-order valence-electron chi connectivity index (χ4n) is 2.17. The Morgan fingerprint density at radius 2 is 1.77 bits per heavy atom. The molecule has 0 fully saturated rings. The molecule has 0 aromatic heterocycles. The molecular weight excluding hydrogens is 350 g/mol. The van der Waals surface area contributed by atoms with Gasteiger partial charge in [-0.05, 0) is 41.1 Å². The van der Waals surface area contributed by atoms with Crippen molar-refractivity contribution in [2.24, 2.45) is 0 Å². The molecule has 3 rings (SSSR count). The zero-order valence-electron chi connectivity index (χ0n) is 11.7. The Morgan fingerprint density at radius 3 is 2.45 bits per heavy atom. The summed E-state index contributed by atoms with van der Waals surface area (Å²) in [7, 11) is 0. The minimum Gasteiger partial charge on any atom is -0.454 e. The van der Waals surface area contributed by atoms with E-state index in [9.17, 15) is 9.59 Å². The summed E-state index contributed by atoms with van der Waals surface area (Å²) in [4.78, 5) is 24.2. The van der Waals surface area contributed by atoms with Crippen LogP contribution in [0.3, 0.4) is 0 Å². The van der Waals surface area contributed by atoms with E-state index in [2.05, 4.69) is 21.2 Å². The van der Waals surface area contributed by atoms with Gasteiger partial charge in [0.15, 0.2) is 17.3 Å². The summed E-state index contributed by atoms with van der Waals surface area (Å²) >= 11 is 3.33. The van der Waals surface area contributed by atoms with Crippen LogP contribution in [0.2, 0.25) is 0 Å². The average molecular weight is 362 g/mol. The summed E-state index contributed by atoms with van der Waals surface area (Å²) in [5.74, 6) is 0.533. The lowest BCUT2D eigenvalue weighted by atomic mass is 10.1. The highest BCUT2D eigenvalue weighted by atomic mass is 79.9. The second kappa shape index (κ2) is 5.81. The molecule has 0 atom stereocenters. The van der Waals surface area contributed by atoms with Gasteiger partial charge in [0.25, 0.3) is 5.91 Å². The highest BCUT2D eigenvalue weighted by molar-refractivity contribution is 9.10. The number of anilines is 1. The minimum atomic E-state index is -0.311. The number of carbonyl (C=O) groups excluding carboxylic acids is 2.